The van der Waals surface area contributed by atoms with Crippen molar-refractivity contribution in [2.45, 2.75) is 57.4 Å². The van der Waals surface area contributed by atoms with E-state index in [0.717, 1.165) is 6.04 Å². The first kappa shape index (κ1) is 17.4. The summed E-state index contributed by atoms with van der Waals surface area (Å²) >= 11 is 0. The molecule has 0 radical (unpaired) electrons. The highest BCUT2D eigenvalue weighted by Gasteiger charge is 2.53. The molecule has 1 aliphatic rings. The summed E-state index contributed by atoms with van der Waals surface area (Å²) in [6.45, 7) is 6.00. The third kappa shape index (κ3) is 3.97. The molecular weight excluding hydrogens is 312 g/mol. The van der Waals surface area contributed by atoms with E-state index in [-0.39, 0.29) is 5.04 Å². The van der Waals surface area contributed by atoms with Crippen molar-refractivity contribution in [3.63, 3.8) is 0 Å². The van der Waals surface area contributed by atoms with Gasteiger partial charge in [0.2, 0.25) is 0 Å². The molecule has 24 heavy (non-hydrogen) atoms. The van der Waals surface area contributed by atoms with Crippen molar-refractivity contribution in [1.29, 1.82) is 0 Å². The molecule has 0 amide bonds. The lowest BCUT2D eigenvalue weighted by Crippen LogP contribution is -2.53. The van der Waals surface area contributed by atoms with Crippen LogP contribution in [-0.4, -0.2) is 8.56 Å². The Balaban J connectivity index is 1.75. The zero-order chi connectivity index (χ0) is 16.9. The number of hydrogen-bond donors (Lipinski definition) is 0. The Bertz CT molecular complexity index is 581. The second-order valence-electron chi connectivity index (χ2n) is 7.39. The second kappa shape index (κ2) is 7.64. The average Bonchev–Trinajstić information content (AvgIpc) is 2.61. The van der Waals surface area contributed by atoms with E-state index in [0.29, 0.717) is 13.2 Å². The van der Waals surface area contributed by atoms with Crippen LogP contribution in [0.1, 0.15) is 44.2 Å². The SMILES string of the molecule is CC1(C)CCCC[Si]1(OCc1ccccc1)OCc1ccccc1. The quantitative estimate of drug-likeness (QED) is 0.616. The van der Waals surface area contributed by atoms with Crippen LogP contribution in [0.4, 0.5) is 0 Å². The maximum atomic E-state index is 6.61. The zero-order valence-corrected chi connectivity index (χ0v) is 15.8. The zero-order valence-electron chi connectivity index (χ0n) is 14.8. The minimum Gasteiger partial charge on any atom is -0.389 e. The molecule has 0 spiro atoms. The summed E-state index contributed by atoms with van der Waals surface area (Å²) in [5.74, 6) is 0. The summed E-state index contributed by atoms with van der Waals surface area (Å²) in [7, 11) is -2.28. The van der Waals surface area contributed by atoms with Crippen molar-refractivity contribution >= 4 is 8.56 Å². The topological polar surface area (TPSA) is 18.5 Å². The Morgan fingerprint density at radius 2 is 1.29 bits per heavy atom. The molecule has 2 nitrogen and oxygen atoms in total. The first-order valence-corrected chi connectivity index (χ1v) is 11.0. The molecule has 3 heteroatoms. The Kier molecular flexibility index (Phi) is 5.54. The van der Waals surface area contributed by atoms with Gasteiger partial charge in [-0.1, -0.05) is 87.4 Å². The van der Waals surface area contributed by atoms with Gasteiger partial charge in [-0.05, 0) is 23.6 Å². The Morgan fingerprint density at radius 1 is 0.792 bits per heavy atom. The molecule has 1 fully saturated rings. The minimum absolute atomic E-state index is 0.148. The molecule has 0 bridgehead atoms. The van der Waals surface area contributed by atoms with Gasteiger partial charge < -0.3 is 8.85 Å². The summed E-state index contributed by atoms with van der Waals surface area (Å²) in [6.07, 6.45) is 3.70. The highest BCUT2D eigenvalue weighted by atomic mass is 28.4. The standard InChI is InChI=1S/C21H28O2Si/c1-21(2)15-9-10-16-24(21,22-17-19-11-5-3-6-12-19)23-18-20-13-7-4-8-14-20/h3-8,11-14H,9-10,15-18H2,1-2H3. The number of rotatable bonds is 6. The van der Waals surface area contributed by atoms with Gasteiger partial charge in [-0.2, -0.15) is 0 Å². The van der Waals surface area contributed by atoms with Gasteiger partial charge in [0.25, 0.3) is 0 Å². The molecule has 0 saturated carbocycles. The third-order valence-electron chi connectivity index (χ3n) is 5.22. The van der Waals surface area contributed by atoms with E-state index in [9.17, 15) is 0 Å². The lowest BCUT2D eigenvalue weighted by atomic mass is 10.1. The maximum Gasteiger partial charge on any atom is 0.344 e. The molecule has 0 unspecified atom stereocenters. The second-order valence-corrected chi connectivity index (χ2v) is 11.3. The Labute approximate surface area is 147 Å². The highest BCUT2D eigenvalue weighted by molar-refractivity contribution is 6.70. The van der Waals surface area contributed by atoms with Crippen molar-refractivity contribution < 1.29 is 8.85 Å². The maximum absolute atomic E-state index is 6.61. The van der Waals surface area contributed by atoms with Crippen LogP contribution in [0, 0.1) is 0 Å². The van der Waals surface area contributed by atoms with Crippen LogP contribution >= 0.6 is 0 Å². The summed E-state index contributed by atoms with van der Waals surface area (Å²) < 4.78 is 13.2. The normalized spacial score (nSPS) is 19.1. The third-order valence-corrected chi connectivity index (χ3v) is 9.76. The van der Waals surface area contributed by atoms with E-state index in [1.54, 1.807) is 0 Å². The fourth-order valence-electron chi connectivity index (χ4n) is 3.58. The smallest absolute Gasteiger partial charge is 0.344 e. The van der Waals surface area contributed by atoms with Crippen LogP contribution in [0.2, 0.25) is 11.1 Å². The van der Waals surface area contributed by atoms with E-state index in [1.807, 2.05) is 12.1 Å². The van der Waals surface area contributed by atoms with Crippen LogP contribution < -0.4 is 0 Å². The molecule has 2 aromatic rings. The number of hydrogen-bond acceptors (Lipinski definition) is 2. The van der Waals surface area contributed by atoms with Crippen LogP contribution in [0.25, 0.3) is 0 Å². The van der Waals surface area contributed by atoms with E-state index in [2.05, 4.69) is 62.4 Å². The first-order valence-electron chi connectivity index (χ1n) is 8.97. The van der Waals surface area contributed by atoms with Gasteiger partial charge in [-0.15, -0.1) is 0 Å². The summed E-state index contributed by atoms with van der Waals surface area (Å²) in [4.78, 5) is 0. The van der Waals surface area contributed by atoms with Crippen molar-refractivity contribution in [1.82, 2.24) is 0 Å². The average molecular weight is 341 g/mol. The lowest BCUT2D eigenvalue weighted by molar-refractivity contribution is 0.119. The van der Waals surface area contributed by atoms with E-state index in [1.165, 1.54) is 30.4 Å². The fourth-order valence-corrected chi connectivity index (χ4v) is 7.48. The number of benzene rings is 2. The molecule has 2 aromatic carbocycles. The molecule has 1 heterocycles. The van der Waals surface area contributed by atoms with Gasteiger partial charge in [0, 0.05) is 5.04 Å². The molecular formula is C21H28O2Si. The summed E-state index contributed by atoms with van der Waals surface area (Å²) in [5, 5.41) is 0.148. The Hall–Kier alpha value is -1.42. The van der Waals surface area contributed by atoms with E-state index in [4.69, 9.17) is 8.85 Å². The fraction of sp³-hybridized carbons (Fsp3) is 0.429. The monoisotopic (exact) mass is 340 g/mol. The molecule has 1 aliphatic heterocycles. The molecule has 128 valence electrons. The lowest BCUT2D eigenvalue weighted by Gasteiger charge is -2.46. The Morgan fingerprint density at radius 3 is 1.75 bits per heavy atom. The largest absolute Gasteiger partial charge is 0.389 e. The molecule has 0 atom stereocenters. The summed E-state index contributed by atoms with van der Waals surface area (Å²) in [6, 6.07) is 22.0. The van der Waals surface area contributed by atoms with Gasteiger partial charge in [-0.3, -0.25) is 0 Å². The first-order chi connectivity index (χ1) is 11.6. The van der Waals surface area contributed by atoms with Crippen LogP contribution in [0.15, 0.2) is 60.7 Å². The van der Waals surface area contributed by atoms with E-state index < -0.39 is 8.56 Å². The molecule has 0 aromatic heterocycles. The van der Waals surface area contributed by atoms with Gasteiger partial charge in [0.05, 0.1) is 13.2 Å². The van der Waals surface area contributed by atoms with Gasteiger partial charge in [0.1, 0.15) is 0 Å². The minimum atomic E-state index is -2.28. The predicted octanol–water partition coefficient (Wildman–Crippen LogP) is 5.83. The molecule has 0 N–H and O–H groups in total. The van der Waals surface area contributed by atoms with Gasteiger partial charge in [0.15, 0.2) is 0 Å². The van der Waals surface area contributed by atoms with E-state index >= 15 is 0 Å². The van der Waals surface area contributed by atoms with Gasteiger partial charge in [-0.25, -0.2) is 0 Å². The summed E-state index contributed by atoms with van der Waals surface area (Å²) in [5.41, 5.74) is 2.46. The molecule has 0 aliphatic carbocycles. The highest BCUT2D eigenvalue weighted by Crippen LogP contribution is 2.50. The van der Waals surface area contributed by atoms with Gasteiger partial charge >= 0.3 is 8.56 Å². The van der Waals surface area contributed by atoms with Crippen molar-refractivity contribution in [2.24, 2.45) is 0 Å². The van der Waals surface area contributed by atoms with Crippen molar-refractivity contribution in [3.8, 4) is 0 Å². The van der Waals surface area contributed by atoms with Crippen LogP contribution in [-0.2, 0) is 22.1 Å². The molecule has 3 rings (SSSR count). The van der Waals surface area contributed by atoms with Crippen molar-refractivity contribution in [3.05, 3.63) is 71.8 Å². The van der Waals surface area contributed by atoms with Crippen LogP contribution in [0.3, 0.4) is 0 Å². The predicted molar refractivity (Wildman–Crippen MR) is 101 cm³/mol. The van der Waals surface area contributed by atoms with Crippen molar-refractivity contribution in [2.75, 3.05) is 0 Å². The molecule has 1 saturated heterocycles. The van der Waals surface area contributed by atoms with Crippen LogP contribution in [0.5, 0.6) is 0 Å².